The van der Waals surface area contributed by atoms with Gasteiger partial charge in [0, 0.05) is 25.7 Å². The van der Waals surface area contributed by atoms with E-state index >= 15 is 0 Å². The number of benzene rings is 1. The highest BCUT2D eigenvalue weighted by atomic mass is 32.2. The van der Waals surface area contributed by atoms with Gasteiger partial charge in [-0.3, -0.25) is 4.79 Å². The molecule has 2 heterocycles. The highest BCUT2D eigenvalue weighted by molar-refractivity contribution is 7.90. The minimum atomic E-state index is -3.73. The van der Waals surface area contributed by atoms with Gasteiger partial charge < -0.3 is 10.2 Å². The number of amides is 1. The number of hydrogen-bond acceptors (Lipinski definition) is 4. The lowest BCUT2D eigenvalue weighted by molar-refractivity contribution is 0.103. The summed E-state index contributed by atoms with van der Waals surface area (Å²) in [5, 5.41) is 4.56. The van der Waals surface area contributed by atoms with Gasteiger partial charge in [-0.1, -0.05) is 6.07 Å². The summed E-state index contributed by atoms with van der Waals surface area (Å²) in [7, 11) is -1.89. The number of hydrogen-bond donors (Lipinski definition) is 1. The molecule has 0 spiro atoms. The maximum Gasteiger partial charge on any atom is 0.283 e. The van der Waals surface area contributed by atoms with Crippen LogP contribution in [0.15, 0.2) is 51.1 Å². The summed E-state index contributed by atoms with van der Waals surface area (Å²) < 4.78 is 28.6. The highest BCUT2D eigenvalue weighted by Gasteiger charge is 2.20. The molecule has 0 atom stereocenters. The zero-order valence-corrected chi connectivity index (χ0v) is 14.7. The Balaban J connectivity index is 1.75. The average molecular weight is 363 g/mol. The van der Waals surface area contributed by atoms with Gasteiger partial charge in [-0.05, 0) is 42.1 Å². The molecule has 3 rings (SSSR count). The fourth-order valence-corrected chi connectivity index (χ4v) is 4.12. The van der Waals surface area contributed by atoms with Crippen molar-refractivity contribution in [3.63, 3.8) is 0 Å². The Morgan fingerprint density at radius 1 is 1.25 bits per heavy atom. The molecule has 0 bridgehead atoms. The summed E-state index contributed by atoms with van der Waals surface area (Å²) >= 11 is 1.35. The van der Waals surface area contributed by atoms with Crippen LogP contribution in [0.3, 0.4) is 0 Å². The normalized spacial score (nSPS) is 16.5. The van der Waals surface area contributed by atoms with Gasteiger partial charge >= 0.3 is 0 Å². The SMILES string of the molecule is CN1CCC/C1=N\S(=O)(=O)c1ccc(NC(=O)c2cccs2)cc1. The van der Waals surface area contributed by atoms with Crippen molar-refractivity contribution < 1.29 is 13.2 Å². The second-order valence-corrected chi connectivity index (χ2v) is 8.02. The zero-order chi connectivity index (χ0) is 17.2. The number of thiophene rings is 1. The van der Waals surface area contributed by atoms with Crippen LogP contribution >= 0.6 is 11.3 Å². The zero-order valence-electron chi connectivity index (χ0n) is 13.1. The van der Waals surface area contributed by atoms with Gasteiger partial charge in [0.1, 0.15) is 5.84 Å². The van der Waals surface area contributed by atoms with Crippen molar-refractivity contribution in [3.05, 3.63) is 46.7 Å². The van der Waals surface area contributed by atoms with Crippen LogP contribution in [0.25, 0.3) is 0 Å². The molecular weight excluding hydrogens is 346 g/mol. The molecule has 2 aromatic rings. The second-order valence-electron chi connectivity index (χ2n) is 5.46. The molecule has 1 aliphatic rings. The topological polar surface area (TPSA) is 78.8 Å². The van der Waals surface area contributed by atoms with Gasteiger partial charge in [-0.15, -0.1) is 15.7 Å². The smallest absolute Gasteiger partial charge is 0.283 e. The van der Waals surface area contributed by atoms with Crippen LogP contribution in [-0.2, 0) is 10.0 Å². The van der Waals surface area contributed by atoms with E-state index in [1.807, 2.05) is 17.3 Å². The van der Waals surface area contributed by atoms with E-state index in [0.717, 1.165) is 13.0 Å². The molecule has 1 amide bonds. The number of carbonyl (C=O) groups is 1. The molecule has 1 aromatic carbocycles. The van der Waals surface area contributed by atoms with Crippen molar-refractivity contribution in [1.29, 1.82) is 0 Å². The first kappa shape index (κ1) is 16.7. The van der Waals surface area contributed by atoms with Crippen molar-refractivity contribution in [2.75, 3.05) is 18.9 Å². The molecule has 0 unspecified atom stereocenters. The maximum atomic E-state index is 12.4. The molecule has 1 aliphatic heterocycles. The van der Waals surface area contributed by atoms with Gasteiger partial charge in [-0.25, -0.2) is 0 Å². The van der Waals surface area contributed by atoms with Crippen LogP contribution in [0.2, 0.25) is 0 Å². The number of rotatable bonds is 4. The minimum absolute atomic E-state index is 0.115. The Kier molecular flexibility index (Phi) is 4.68. The third-order valence-corrected chi connectivity index (χ3v) is 5.90. The average Bonchev–Trinajstić information content (AvgIpc) is 3.20. The van der Waals surface area contributed by atoms with Gasteiger partial charge in [0.25, 0.3) is 15.9 Å². The van der Waals surface area contributed by atoms with E-state index in [0.29, 0.717) is 22.8 Å². The quantitative estimate of drug-likeness (QED) is 0.906. The largest absolute Gasteiger partial charge is 0.362 e. The predicted molar refractivity (Wildman–Crippen MR) is 95.2 cm³/mol. The van der Waals surface area contributed by atoms with Gasteiger partial charge in [0.15, 0.2) is 0 Å². The van der Waals surface area contributed by atoms with Crippen LogP contribution < -0.4 is 5.32 Å². The highest BCUT2D eigenvalue weighted by Crippen LogP contribution is 2.20. The van der Waals surface area contributed by atoms with Crippen molar-refractivity contribution in [1.82, 2.24) is 4.90 Å². The third kappa shape index (κ3) is 3.65. The molecule has 6 nitrogen and oxygen atoms in total. The van der Waals surface area contributed by atoms with Gasteiger partial charge in [0.2, 0.25) is 0 Å². The van der Waals surface area contributed by atoms with Crippen molar-refractivity contribution in [2.24, 2.45) is 4.40 Å². The number of anilines is 1. The monoisotopic (exact) mass is 363 g/mol. The first-order chi connectivity index (χ1) is 11.5. The lowest BCUT2D eigenvalue weighted by Crippen LogP contribution is -2.20. The molecule has 1 aromatic heterocycles. The molecule has 24 heavy (non-hydrogen) atoms. The van der Waals surface area contributed by atoms with Crippen LogP contribution in [-0.4, -0.2) is 38.7 Å². The van der Waals surface area contributed by atoms with Crippen LogP contribution in [0.1, 0.15) is 22.5 Å². The molecule has 0 radical (unpaired) electrons. The van der Waals surface area contributed by atoms with E-state index in [-0.39, 0.29) is 10.8 Å². The first-order valence-electron chi connectivity index (χ1n) is 7.45. The molecule has 1 fully saturated rings. The Morgan fingerprint density at radius 2 is 2.00 bits per heavy atom. The molecular formula is C16H17N3O3S2. The third-order valence-electron chi connectivity index (χ3n) is 3.72. The van der Waals surface area contributed by atoms with Gasteiger partial charge in [-0.2, -0.15) is 8.42 Å². The summed E-state index contributed by atoms with van der Waals surface area (Å²) in [6.45, 7) is 0.821. The maximum absolute atomic E-state index is 12.4. The summed E-state index contributed by atoms with van der Waals surface area (Å²) in [6, 6.07) is 9.58. The Labute approximate surface area is 144 Å². The number of likely N-dealkylation sites (tertiary alicyclic amines) is 1. The molecule has 126 valence electrons. The predicted octanol–water partition coefficient (Wildman–Crippen LogP) is 2.81. The van der Waals surface area contributed by atoms with E-state index in [1.54, 1.807) is 24.3 Å². The number of nitrogens with zero attached hydrogens (tertiary/aromatic N) is 2. The number of nitrogens with one attached hydrogen (secondary N) is 1. The van der Waals surface area contributed by atoms with Crippen LogP contribution in [0.5, 0.6) is 0 Å². The van der Waals surface area contributed by atoms with E-state index in [2.05, 4.69) is 9.71 Å². The fourth-order valence-electron chi connectivity index (χ4n) is 2.41. The molecule has 1 saturated heterocycles. The Morgan fingerprint density at radius 3 is 2.58 bits per heavy atom. The molecule has 0 saturated carbocycles. The minimum Gasteiger partial charge on any atom is -0.362 e. The summed E-state index contributed by atoms with van der Waals surface area (Å²) in [4.78, 5) is 14.5. The lowest BCUT2D eigenvalue weighted by Gasteiger charge is -2.11. The Hall–Kier alpha value is -2.19. The van der Waals surface area contributed by atoms with E-state index in [4.69, 9.17) is 0 Å². The molecule has 1 N–H and O–H groups in total. The standard InChI is InChI=1S/C16H17N3O3S2/c1-19-10-2-5-15(19)18-24(21,22)13-8-6-12(7-9-13)17-16(20)14-4-3-11-23-14/h3-4,6-9,11H,2,5,10H2,1H3,(H,17,20)/b18-15+. The summed E-state index contributed by atoms with van der Waals surface area (Å²) in [6.07, 6.45) is 1.59. The summed E-state index contributed by atoms with van der Waals surface area (Å²) in [5.41, 5.74) is 0.540. The van der Waals surface area contributed by atoms with Crippen molar-refractivity contribution in [2.45, 2.75) is 17.7 Å². The van der Waals surface area contributed by atoms with Crippen molar-refractivity contribution >= 4 is 38.8 Å². The van der Waals surface area contributed by atoms with Crippen LogP contribution in [0.4, 0.5) is 5.69 Å². The second kappa shape index (κ2) is 6.74. The van der Waals surface area contributed by atoms with Gasteiger partial charge in [0.05, 0.1) is 9.77 Å². The Bertz CT molecular complexity index is 856. The molecule has 0 aliphatic carbocycles. The van der Waals surface area contributed by atoms with E-state index in [1.165, 1.54) is 23.5 Å². The summed E-state index contributed by atoms with van der Waals surface area (Å²) in [5.74, 6) is 0.374. The number of sulfonamides is 1. The van der Waals surface area contributed by atoms with Crippen LogP contribution in [0, 0.1) is 0 Å². The first-order valence-corrected chi connectivity index (χ1v) is 9.77. The number of amidine groups is 1. The van der Waals surface area contributed by atoms with E-state index in [9.17, 15) is 13.2 Å². The number of carbonyl (C=O) groups excluding carboxylic acids is 1. The fraction of sp³-hybridized carbons (Fsp3) is 0.250. The van der Waals surface area contributed by atoms with Crippen molar-refractivity contribution in [3.8, 4) is 0 Å². The van der Waals surface area contributed by atoms with E-state index < -0.39 is 10.0 Å². The molecule has 8 heteroatoms. The lowest BCUT2D eigenvalue weighted by atomic mass is 10.3.